The van der Waals surface area contributed by atoms with Crippen LogP contribution in [0.2, 0.25) is 0 Å². The highest BCUT2D eigenvalue weighted by atomic mass is 79.9. The largest absolute Gasteiger partial charge is 0.492 e. The Morgan fingerprint density at radius 3 is 2.63 bits per heavy atom. The van der Waals surface area contributed by atoms with E-state index in [0.717, 1.165) is 15.8 Å². The molecule has 0 bridgehead atoms. The Labute approximate surface area is 118 Å². The second kappa shape index (κ2) is 3.64. The Balaban J connectivity index is 1.92. The van der Waals surface area contributed by atoms with Crippen molar-refractivity contribution in [1.29, 1.82) is 0 Å². The summed E-state index contributed by atoms with van der Waals surface area (Å²) in [5.74, 6) is 0.798. The van der Waals surface area contributed by atoms with Crippen molar-refractivity contribution < 1.29 is 19.0 Å². The Kier molecular flexibility index (Phi) is 2.21. The summed E-state index contributed by atoms with van der Waals surface area (Å²) >= 11 is 3.47. The molecule has 3 aliphatic heterocycles. The molecule has 1 N–H and O–H groups in total. The second-order valence-corrected chi connectivity index (χ2v) is 6.22. The zero-order chi connectivity index (χ0) is 13.1. The molecule has 2 saturated heterocycles. The van der Waals surface area contributed by atoms with Crippen LogP contribution in [0.3, 0.4) is 0 Å². The Hall–Kier alpha value is -1.27. The van der Waals surface area contributed by atoms with Gasteiger partial charge in [0.05, 0.1) is 18.6 Å². The van der Waals surface area contributed by atoms with E-state index in [4.69, 9.17) is 14.2 Å². The number of alkyl carbamates (subject to hydrolysis) is 1. The highest BCUT2D eigenvalue weighted by Crippen LogP contribution is 2.53. The third-order valence-electron chi connectivity index (χ3n) is 4.30. The van der Waals surface area contributed by atoms with E-state index in [0.29, 0.717) is 26.4 Å². The van der Waals surface area contributed by atoms with Gasteiger partial charge in [-0.15, -0.1) is 0 Å². The van der Waals surface area contributed by atoms with Crippen LogP contribution in [0.4, 0.5) is 4.79 Å². The summed E-state index contributed by atoms with van der Waals surface area (Å²) < 4.78 is 17.4. The molecule has 5 nitrogen and oxygen atoms in total. The quantitative estimate of drug-likeness (QED) is 0.790. The van der Waals surface area contributed by atoms with Crippen LogP contribution in [0.15, 0.2) is 22.7 Å². The predicted octanol–water partition coefficient (Wildman–Crippen LogP) is 1.79. The van der Waals surface area contributed by atoms with Crippen LogP contribution in [-0.4, -0.2) is 32.5 Å². The number of fused-ring (bicyclic) bond motifs is 3. The second-order valence-electron chi connectivity index (χ2n) is 5.31. The lowest BCUT2D eigenvalue weighted by Crippen LogP contribution is -2.68. The lowest BCUT2D eigenvalue weighted by molar-refractivity contribution is -0.188. The minimum Gasteiger partial charge on any atom is -0.492 e. The molecule has 0 radical (unpaired) electrons. The van der Waals surface area contributed by atoms with Crippen molar-refractivity contribution in [1.82, 2.24) is 5.32 Å². The third-order valence-corrected chi connectivity index (χ3v) is 4.80. The first-order chi connectivity index (χ1) is 9.15. The zero-order valence-electron chi connectivity index (χ0n) is 10.1. The summed E-state index contributed by atoms with van der Waals surface area (Å²) in [7, 11) is 0. The predicted molar refractivity (Wildman–Crippen MR) is 69.1 cm³/mol. The zero-order valence-corrected chi connectivity index (χ0v) is 11.7. The summed E-state index contributed by atoms with van der Waals surface area (Å²) in [4.78, 5) is 11.6. The average Bonchev–Trinajstić information content (AvgIpc) is 2.72. The first kappa shape index (κ1) is 11.5. The molecule has 2 fully saturated rings. The van der Waals surface area contributed by atoms with Crippen LogP contribution >= 0.6 is 15.9 Å². The lowest BCUT2D eigenvalue weighted by Gasteiger charge is -2.54. The Morgan fingerprint density at radius 1 is 1.16 bits per heavy atom. The van der Waals surface area contributed by atoms with Gasteiger partial charge in [0.1, 0.15) is 24.5 Å². The molecule has 3 heterocycles. The van der Waals surface area contributed by atoms with E-state index in [1.54, 1.807) is 0 Å². The standard InChI is InChI=1S/C13H12BrNO4/c14-8-1-2-10-9(3-8)13(7-19-11(16)15-13)12(6-18-10)4-17-5-12/h1-3H,4-7H2,(H,15,16). The number of hydrogen-bond donors (Lipinski definition) is 1. The van der Waals surface area contributed by atoms with Gasteiger partial charge < -0.3 is 19.5 Å². The van der Waals surface area contributed by atoms with Crippen LogP contribution in [0, 0.1) is 5.41 Å². The van der Waals surface area contributed by atoms with Gasteiger partial charge in [-0.1, -0.05) is 15.9 Å². The maximum Gasteiger partial charge on any atom is 0.408 e. The van der Waals surface area contributed by atoms with Crippen molar-refractivity contribution in [3.8, 4) is 5.75 Å². The molecule has 1 aromatic carbocycles. The molecule has 100 valence electrons. The average molecular weight is 326 g/mol. The number of nitrogens with one attached hydrogen (secondary N) is 1. The molecule has 1 aromatic rings. The number of rotatable bonds is 0. The van der Waals surface area contributed by atoms with E-state index in [9.17, 15) is 4.79 Å². The van der Waals surface area contributed by atoms with Gasteiger partial charge in [0.15, 0.2) is 0 Å². The van der Waals surface area contributed by atoms with Crippen molar-refractivity contribution in [2.75, 3.05) is 26.4 Å². The van der Waals surface area contributed by atoms with Gasteiger partial charge >= 0.3 is 6.09 Å². The van der Waals surface area contributed by atoms with Crippen LogP contribution in [0.1, 0.15) is 5.56 Å². The fourth-order valence-electron chi connectivity index (χ4n) is 3.12. The summed E-state index contributed by atoms with van der Waals surface area (Å²) in [5, 5.41) is 3.00. The summed E-state index contributed by atoms with van der Waals surface area (Å²) in [6.07, 6.45) is -0.376. The van der Waals surface area contributed by atoms with Gasteiger partial charge in [-0.2, -0.15) is 0 Å². The number of ether oxygens (including phenoxy) is 3. The fourth-order valence-corrected chi connectivity index (χ4v) is 3.48. The van der Waals surface area contributed by atoms with Crippen molar-refractivity contribution in [2.24, 2.45) is 5.41 Å². The number of cyclic esters (lactones) is 1. The van der Waals surface area contributed by atoms with Gasteiger partial charge in [-0.3, -0.25) is 0 Å². The fraction of sp³-hybridized carbons (Fsp3) is 0.462. The number of halogens is 1. The minimum atomic E-state index is -0.542. The highest BCUT2D eigenvalue weighted by molar-refractivity contribution is 9.10. The van der Waals surface area contributed by atoms with Crippen LogP contribution in [-0.2, 0) is 15.0 Å². The van der Waals surface area contributed by atoms with Crippen molar-refractivity contribution in [3.05, 3.63) is 28.2 Å². The SMILES string of the molecule is O=C1NC2(CO1)c1cc(Br)ccc1OCC21COC1. The molecule has 6 heteroatoms. The monoisotopic (exact) mass is 325 g/mol. The molecule has 0 saturated carbocycles. The molecule has 4 rings (SSSR count). The van der Waals surface area contributed by atoms with E-state index >= 15 is 0 Å². The highest BCUT2D eigenvalue weighted by Gasteiger charge is 2.64. The van der Waals surface area contributed by atoms with Crippen molar-refractivity contribution >= 4 is 22.0 Å². The number of amides is 1. The Bertz CT molecular complexity index is 572. The van der Waals surface area contributed by atoms with Crippen molar-refractivity contribution in [2.45, 2.75) is 5.54 Å². The van der Waals surface area contributed by atoms with E-state index in [1.807, 2.05) is 18.2 Å². The summed E-state index contributed by atoms with van der Waals surface area (Å²) in [6, 6.07) is 5.83. The lowest BCUT2D eigenvalue weighted by atomic mass is 9.64. The normalized spacial score (nSPS) is 30.3. The van der Waals surface area contributed by atoms with Gasteiger partial charge in [0, 0.05) is 10.0 Å². The topological polar surface area (TPSA) is 56.8 Å². The first-order valence-electron chi connectivity index (χ1n) is 6.11. The van der Waals surface area contributed by atoms with Gasteiger partial charge in [0.25, 0.3) is 0 Å². The third kappa shape index (κ3) is 1.36. The molecule has 19 heavy (non-hydrogen) atoms. The van der Waals surface area contributed by atoms with Crippen LogP contribution in [0.5, 0.6) is 5.75 Å². The number of benzene rings is 1. The molecular formula is C13H12BrNO4. The van der Waals surface area contributed by atoms with Gasteiger partial charge in [-0.25, -0.2) is 4.79 Å². The minimum absolute atomic E-state index is 0.229. The maximum atomic E-state index is 11.6. The maximum absolute atomic E-state index is 11.6. The molecule has 3 aliphatic rings. The van der Waals surface area contributed by atoms with Gasteiger partial charge in [-0.05, 0) is 18.2 Å². The summed E-state index contributed by atoms with van der Waals surface area (Å²) in [5.41, 5.74) is 0.189. The molecule has 1 amide bonds. The van der Waals surface area contributed by atoms with E-state index in [-0.39, 0.29) is 11.5 Å². The van der Waals surface area contributed by atoms with Crippen LogP contribution in [0.25, 0.3) is 0 Å². The van der Waals surface area contributed by atoms with Gasteiger partial charge in [0.2, 0.25) is 0 Å². The Morgan fingerprint density at radius 2 is 2.00 bits per heavy atom. The molecular weight excluding hydrogens is 314 g/mol. The van der Waals surface area contributed by atoms with Crippen LogP contribution < -0.4 is 10.1 Å². The van der Waals surface area contributed by atoms with E-state index in [1.165, 1.54) is 0 Å². The van der Waals surface area contributed by atoms with E-state index in [2.05, 4.69) is 21.2 Å². The first-order valence-corrected chi connectivity index (χ1v) is 6.90. The number of carbonyl (C=O) groups is 1. The molecule has 2 spiro atoms. The molecule has 1 unspecified atom stereocenters. The summed E-state index contributed by atoms with van der Waals surface area (Å²) in [6.45, 7) is 2.00. The smallest absolute Gasteiger partial charge is 0.408 e. The molecule has 1 atom stereocenters. The van der Waals surface area contributed by atoms with Crippen molar-refractivity contribution in [3.63, 3.8) is 0 Å². The molecule has 0 aromatic heterocycles. The molecule has 0 aliphatic carbocycles. The number of carbonyl (C=O) groups excluding carboxylic acids is 1. The number of hydrogen-bond acceptors (Lipinski definition) is 4. The van der Waals surface area contributed by atoms with E-state index < -0.39 is 5.54 Å².